The molecule has 1 saturated heterocycles. The number of nitrogens with one attached hydrogen (secondary N) is 1. The minimum Gasteiger partial charge on any atom is -0.493 e. The van der Waals surface area contributed by atoms with Crippen LogP contribution in [-0.4, -0.2) is 67.6 Å². The predicted octanol–water partition coefficient (Wildman–Crippen LogP) is 6.01. The van der Waals surface area contributed by atoms with Gasteiger partial charge in [-0.3, -0.25) is 9.69 Å². The standard InChI is InChI=1S/C31H42F3N3O2/c1-23-24(2)29(39-22-6-5-16-35-28-7-3-4-8-28)14-11-25(23)15-17-36-18-20-37(21-19-36)30(38)26-9-12-27(13-10-26)31(32,33)34/h9-14,28,35H,3-8,15-22H2,1-2H3. The topological polar surface area (TPSA) is 44.8 Å². The van der Waals surface area contributed by atoms with E-state index in [-0.39, 0.29) is 5.91 Å². The first-order chi connectivity index (χ1) is 18.7. The van der Waals surface area contributed by atoms with Gasteiger partial charge in [0.1, 0.15) is 5.75 Å². The highest BCUT2D eigenvalue weighted by Crippen LogP contribution is 2.29. The summed E-state index contributed by atoms with van der Waals surface area (Å²) in [6, 6.07) is 9.47. The normalized spacial score (nSPS) is 17.1. The number of hydrogen-bond acceptors (Lipinski definition) is 4. The van der Waals surface area contributed by atoms with Crippen molar-refractivity contribution in [2.24, 2.45) is 0 Å². The van der Waals surface area contributed by atoms with Crippen molar-refractivity contribution in [1.29, 1.82) is 0 Å². The molecule has 1 N–H and O–H groups in total. The maximum absolute atomic E-state index is 12.8. The van der Waals surface area contributed by atoms with Crippen LogP contribution in [0.4, 0.5) is 13.2 Å². The summed E-state index contributed by atoms with van der Waals surface area (Å²) in [5.74, 6) is 0.755. The molecule has 4 rings (SSSR count). The second kappa shape index (κ2) is 13.7. The van der Waals surface area contributed by atoms with E-state index in [0.29, 0.717) is 18.7 Å². The number of piperazine rings is 1. The van der Waals surface area contributed by atoms with E-state index in [1.54, 1.807) is 4.90 Å². The molecule has 0 unspecified atom stereocenters. The van der Waals surface area contributed by atoms with Crippen molar-refractivity contribution in [2.75, 3.05) is 45.9 Å². The van der Waals surface area contributed by atoms with E-state index in [0.717, 1.165) is 76.0 Å². The number of unbranched alkanes of at least 4 members (excludes halogenated alkanes) is 1. The third-order valence-electron chi connectivity index (χ3n) is 8.28. The third kappa shape index (κ3) is 8.21. The van der Waals surface area contributed by atoms with Gasteiger partial charge in [-0.2, -0.15) is 13.2 Å². The number of carbonyl (C=O) groups excluding carboxylic acids is 1. The number of rotatable bonds is 11. The zero-order chi connectivity index (χ0) is 27.8. The van der Waals surface area contributed by atoms with Crippen molar-refractivity contribution < 1.29 is 22.7 Å². The summed E-state index contributed by atoms with van der Waals surface area (Å²) >= 11 is 0. The van der Waals surface area contributed by atoms with Gasteiger partial charge in [0, 0.05) is 44.3 Å². The van der Waals surface area contributed by atoms with Gasteiger partial charge in [-0.1, -0.05) is 18.9 Å². The quantitative estimate of drug-likeness (QED) is 0.351. The lowest BCUT2D eigenvalue weighted by atomic mass is 9.99. The largest absolute Gasteiger partial charge is 0.493 e. The highest BCUT2D eigenvalue weighted by Gasteiger charge is 2.30. The smallest absolute Gasteiger partial charge is 0.416 e. The summed E-state index contributed by atoms with van der Waals surface area (Å²) in [5.41, 5.74) is 3.33. The number of halogens is 3. The van der Waals surface area contributed by atoms with Crippen molar-refractivity contribution >= 4 is 5.91 Å². The van der Waals surface area contributed by atoms with Crippen molar-refractivity contribution in [3.8, 4) is 5.75 Å². The number of amides is 1. The van der Waals surface area contributed by atoms with Crippen LogP contribution in [0.15, 0.2) is 36.4 Å². The molecule has 1 aliphatic carbocycles. The molecule has 39 heavy (non-hydrogen) atoms. The van der Waals surface area contributed by atoms with Gasteiger partial charge in [0.05, 0.1) is 12.2 Å². The second-order valence-electron chi connectivity index (χ2n) is 10.9. The van der Waals surface area contributed by atoms with E-state index >= 15 is 0 Å². The van der Waals surface area contributed by atoms with Gasteiger partial charge in [0.2, 0.25) is 0 Å². The highest BCUT2D eigenvalue weighted by atomic mass is 19.4. The molecule has 5 nitrogen and oxygen atoms in total. The summed E-state index contributed by atoms with van der Waals surface area (Å²) in [7, 11) is 0. The van der Waals surface area contributed by atoms with E-state index in [1.807, 2.05) is 0 Å². The Hall–Kier alpha value is -2.58. The summed E-state index contributed by atoms with van der Waals surface area (Å²) < 4.78 is 44.5. The zero-order valence-corrected chi connectivity index (χ0v) is 23.3. The number of nitrogens with zero attached hydrogens (tertiary/aromatic N) is 2. The number of carbonyl (C=O) groups is 1. The average Bonchev–Trinajstić information content (AvgIpc) is 3.45. The molecule has 1 aliphatic heterocycles. The van der Waals surface area contributed by atoms with Crippen LogP contribution in [0.5, 0.6) is 5.75 Å². The lowest BCUT2D eigenvalue weighted by molar-refractivity contribution is -0.137. The summed E-state index contributed by atoms with van der Waals surface area (Å²) in [4.78, 5) is 16.8. The van der Waals surface area contributed by atoms with Crippen molar-refractivity contribution in [1.82, 2.24) is 15.1 Å². The van der Waals surface area contributed by atoms with Crippen LogP contribution in [-0.2, 0) is 12.6 Å². The zero-order valence-electron chi connectivity index (χ0n) is 23.3. The minimum atomic E-state index is -4.40. The molecule has 1 heterocycles. The Morgan fingerprint density at radius 1 is 0.949 bits per heavy atom. The van der Waals surface area contributed by atoms with Gasteiger partial charge in [-0.15, -0.1) is 0 Å². The van der Waals surface area contributed by atoms with Gasteiger partial charge in [0.15, 0.2) is 0 Å². The van der Waals surface area contributed by atoms with E-state index < -0.39 is 11.7 Å². The molecular weight excluding hydrogens is 503 g/mol. The molecule has 2 aliphatic rings. The van der Waals surface area contributed by atoms with Crippen LogP contribution in [0.3, 0.4) is 0 Å². The first-order valence-corrected chi connectivity index (χ1v) is 14.4. The van der Waals surface area contributed by atoms with Crippen LogP contribution in [0.1, 0.15) is 71.1 Å². The van der Waals surface area contributed by atoms with E-state index in [2.05, 4.69) is 36.2 Å². The molecule has 2 aromatic carbocycles. The Labute approximate surface area is 230 Å². The fourth-order valence-corrected chi connectivity index (χ4v) is 5.56. The first kappa shape index (κ1) is 29.4. The summed E-state index contributed by atoms with van der Waals surface area (Å²) in [6.07, 6.45) is 4.08. The van der Waals surface area contributed by atoms with Crippen LogP contribution in [0, 0.1) is 13.8 Å². The molecule has 0 atom stereocenters. The average molecular weight is 546 g/mol. The van der Waals surface area contributed by atoms with E-state index in [9.17, 15) is 18.0 Å². The number of alkyl halides is 3. The molecule has 1 saturated carbocycles. The number of hydrogen-bond donors (Lipinski definition) is 1. The number of ether oxygens (including phenoxy) is 1. The molecule has 2 aromatic rings. The van der Waals surface area contributed by atoms with Gasteiger partial charge in [-0.05, 0) is 99.5 Å². The molecule has 1 amide bonds. The van der Waals surface area contributed by atoms with Gasteiger partial charge in [-0.25, -0.2) is 0 Å². The van der Waals surface area contributed by atoms with Gasteiger partial charge >= 0.3 is 6.18 Å². The van der Waals surface area contributed by atoms with Gasteiger partial charge < -0.3 is 15.0 Å². The van der Waals surface area contributed by atoms with Crippen molar-refractivity contribution in [3.05, 3.63) is 64.2 Å². The third-order valence-corrected chi connectivity index (χ3v) is 8.28. The SMILES string of the molecule is Cc1c(CCN2CCN(C(=O)c3ccc(C(F)(F)F)cc3)CC2)ccc(OCCCCNC2CCCC2)c1C. The van der Waals surface area contributed by atoms with Crippen LogP contribution >= 0.6 is 0 Å². The van der Waals surface area contributed by atoms with Crippen molar-refractivity contribution in [3.63, 3.8) is 0 Å². The number of benzene rings is 2. The summed E-state index contributed by atoms with van der Waals surface area (Å²) in [6.45, 7) is 9.63. The van der Waals surface area contributed by atoms with Gasteiger partial charge in [0.25, 0.3) is 5.91 Å². The molecule has 2 fully saturated rings. The minimum absolute atomic E-state index is 0.212. The summed E-state index contributed by atoms with van der Waals surface area (Å²) in [5, 5.41) is 3.66. The maximum Gasteiger partial charge on any atom is 0.416 e. The van der Waals surface area contributed by atoms with Crippen molar-refractivity contribution in [2.45, 2.75) is 71.0 Å². The van der Waals surface area contributed by atoms with Crippen LogP contribution in [0.25, 0.3) is 0 Å². The van der Waals surface area contributed by atoms with Crippen LogP contribution < -0.4 is 10.1 Å². The molecule has 214 valence electrons. The first-order valence-electron chi connectivity index (χ1n) is 14.4. The Bertz CT molecular complexity index is 1070. The monoisotopic (exact) mass is 545 g/mol. The Kier molecular flexibility index (Phi) is 10.3. The fourth-order valence-electron chi connectivity index (χ4n) is 5.56. The molecule has 8 heteroatoms. The van der Waals surface area contributed by atoms with E-state index in [1.165, 1.54) is 54.5 Å². The lowest BCUT2D eigenvalue weighted by Gasteiger charge is -2.35. The molecule has 0 aromatic heterocycles. The molecule has 0 radical (unpaired) electrons. The molecule has 0 spiro atoms. The van der Waals surface area contributed by atoms with Crippen LogP contribution in [0.2, 0.25) is 0 Å². The lowest BCUT2D eigenvalue weighted by Crippen LogP contribution is -2.49. The Morgan fingerprint density at radius 3 is 2.31 bits per heavy atom. The molecular formula is C31H42F3N3O2. The highest BCUT2D eigenvalue weighted by molar-refractivity contribution is 5.94. The second-order valence-corrected chi connectivity index (χ2v) is 10.9. The Balaban J connectivity index is 1.17. The van der Waals surface area contributed by atoms with E-state index in [4.69, 9.17) is 4.74 Å². The molecule has 0 bridgehead atoms. The fraction of sp³-hybridized carbons (Fsp3) is 0.581. The maximum atomic E-state index is 12.8. The Morgan fingerprint density at radius 2 is 1.64 bits per heavy atom. The predicted molar refractivity (Wildman–Crippen MR) is 148 cm³/mol.